The highest BCUT2D eigenvalue weighted by Gasteiger charge is 2.62. The van der Waals surface area contributed by atoms with E-state index in [1.165, 1.54) is 37.9 Å². The number of carbonyl (C=O) groups excluding carboxylic acids is 1. The first-order valence-electron chi connectivity index (χ1n) is 9.92. The topological polar surface area (TPSA) is 37.3 Å². The molecule has 3 aliphatic carbocycles. The first-order valence-corrected chi connectivity index (χ1v) is 11.0. The Morgan fingerprint density at radius 3 is 2.56 bits per heavy atom. The molecule has 0 bridgehead atoms. The lowest BCUT2D eigenvalue weighted by molar-refractivity contribution is -0.134. The Hall–Kier alpha value is -0.700. The smallest absolute Gasteiger partial charge is 0.153 e. The SMILES string of the molecule is CC1(C)CCC[C@]2(C)[C@H]3CSC4C=C(O)C(C=O)=CC4[C@]3(C)CC[C@@H]12. The second-order valence-electron chi connectivity index (χ2n) is 10.1. The number of fused-ring (bicyclic) bond motifs is 5. The molecule has 3 heteroatoms. The lowest BCUT2D eigenvalue weighted by Gasteiger charge is -2.66. The molecule has 3 fully saturated rings. The van der Waals surface area contributed by atoms with Gasteiger partial charge < -0.3 is 5.11 Å². The number of thioether (sulfide) groups is 1. The minimum Gasteiger partial charge on any atom is -0.508 e. The Kier molecular flexibility index (Phi) is 4.00. The van der Waals surface area contributed by atoms with Crippen LogP contribution in [-0.2, 0) is 4.79 Å². The summed E-state index contributed by atoms with van der Waals surface area (Å²) in [5.74, 6) is 3.25. The Labute approximate surface area is 156 Å². The van der Waals surface area contributed by atoms with Crippen LogP contribution in [0.3, 0.4) is 0 Å². The second kappa shape index (κ2) is 5.65. The van der Waals surface area contributed by atoms with E-state index in [2.05, 4.69) is 33.8 Å². The number of rotatable bonds is 1. The van der Waals surface area contributed by atoms with Gasteiger partial charge in [-0.25, -0.2) is 0 Å². The Bertz CT molecular complexity index is 648. The van der Waals surface area contributed by atoms with Gasteiger partial charge in [-0.2, -0.15) is 11.8 Å². The van der Waals surface area contributed by atoms with Crippen LogP contribution < -0.4 is 0 Å². The molecule has 1 saturated heterocycles. The monoisotopic (exact) mass is 360 g/mol. The summed E-state index contributed by atoms with van der Waals surface area (Å²) in [5, 5.41) is 10.5. The molecule has 6 atom stereocenters. The van der Waals surface area contributed by atoms with Crippen molar-refractivity contribution in [3.63, 3.8) is 0 Å². The third-order valence-electron chi connectivity index (χ3n) is 8.51. The van der Waals surface area contributed by atoms with Crippen molar-refractivity contribution in [1.29, 1.82) is 0 Å². The van der Waals surface area contributed by atoms with Gasteiger partial charge in [0.1, 0.15) is 5.76 Å². The highest BCUT2D eigenvalue weighted by atomic mass is 32.2. The number of hydrogen-bond acceptors (Lipinski definition) is 3. The highest BCUT2D eigenvalue weighted by Crippen LogP contribution is 2.69. The minimum absolute atomic E-state index is 0.185. The molecule has 4 rings (SSSR count). The first-order chi connectivity index (χ1) is 11.7. The van der Waals surface area contributed by atoms with E-state index in [4.69, 9.17) is 0 Å². The van der Waals surface area contributed by atoms with E-state index in [0.717, 1.165) is 12.2 Å². The maximum Gasteiger partial charge on any atom is 0.153 e. The molecule has 1 aliphatic heterocycles. The summed E-state index contributed by atoms with van der Waals surface area (Å²) in [5.41, 5.74) is 1.59. The molecule has 0 spiro atoms. The Morgan fingerprint density at radius 1 is 1.08 bits per heavy atom. The van der Waals surface area contributed by atoms with Crippen LogP contribution in [0, 0.1) is 34.0 Å². The molecule has 1 heterocycles. The normalized spacial score (nSPS) is 48.3. The Balaban J connectivity index is 1.74. The van der Waals surface area contributed by atoms with Crippen LogP contribution in [0.5, 0.6) is 0 Å². The first kappa shape index (κ1) is 17.7. The molecule has 2 saturated carbocycles. The fourth-order valence-electron chi connectivity index (χ4n) is 7.22. The lowest BCUT2D eigenvalue weighted by Crippen LogP contribution is -2.60. The molecule has 138 valence electrons. The molecule has 2 nitrogen and oxygen atoms in total. The van der Waals surface area contributed by atoms with E-state index in [1.54, 1.807) is 0 Å². The molecular weight excluding hydrogens is 328 g/mol. The largest absolute Gasteiger partial charge is 0.508 e. The van der Waals surface area contributed by atoms with E-state index in [1.807, 2.05) is 17.8 Å². The van der Waals surface area contributed by atoms with Crippen molar-refractivity contribution in [3.05, 3.63) is 23.5 Å². The van der Waals surface area contributed by atoms with E-state index >= 15 is 0 Å². The lowest BCUT2D eigenvalue weighted by atomic mass is 9.41. The summed E-state index contributed by atoms with van der Waals surface area (Å²) < 4.78 is 0. The summed E-state index contributed by atoms with van der Waals surface area (Å²) in [6, 6.07) is 0. The van der Waals surface area contributed by atoms with Gasteiger partial charge in [0.15, 0.2) is 6.29 Å². The molecular formula is C22H32O2S. The van der Waals surface area contributed by atoms with E-state index in [0.29, 0.717) is 33.5 Å². The van der Waals surface area contributed by atoms with Crippen LogP contribution in [0.2, 0.25) is 0 Å². The molecule has 0 radical (unpaired) electrons. The molecule has 0 aromatic heterocycles. The van der Waals surface area contributed by atoms with Crippen molar-refractivity contribution < 1.29 is 9.90 Å². The van der Waals surface area contributed by atoms with Gasteiger partial charge in [-0.15, -0.1) is 0 Å². The van der Waals surface area contributed by atoms with Gasteiger partial charge in [-0.3, -0.25) is 4.79 Å². The van der Waals surface area contributed by atoms with Gasteiger partial charge >= 0.3 is 0 Å². The number of hydrogen-bond donors (Lipinski definition) is 1. The van der Waals surface area contributed by atoms with Gasteiger partial charge in [0.25, 0.3) is 0 Å². The second-order valence-corrected chi connectivity index (χ2v) is 11.3. The van der Waals surface area contributed by atoms with Crippen LogP contribution in [-0.4, -0.2) is 22.4 Å². The van der Waals surface area contributed by atoms with Gasteiger partial charge in [0, 0.05) is 5.25 Å². The minimum atomic E-state index is 0.185. The van der Waals surface area contributed by atoms with Crippen molar-refractivity contribution in [1.82, 2.24) is 0 Å². The number of aldehydes is 1. The highest BCUT2D eigenvalue weighted by molar-refractivity contribution is 8.00. The van der Waals surface area contributed by atoms with Crippen LogP contribution in [0.1, 0.15) is 59.8 Å². The summed E-state index contributed by atoms with van der Waals surface area (Å²) in [4.78, 5) is 11.4. The molecule has 25 heavy (non-hydrogen) atoms. The van der Waals surface area contributed by atoms with Crippen molar-refractivity contribution in [2.24, 2.45) is 34.0 Å². The average molecular weight is 361 g/mol. The summed E-state index contributed by atoms with van der Waals surface area (Å²) in [7, 11) is 0. The van der Waals surface area contributed by atoms with Crippen molar-refractivity contribution in [2.45, 2.75) is 65.0 Å². The summed E-state index contributed by atoms with van der Waals surface area (Å²) in [6.45, 7) is 10.0. The third kappa shape index (κ3) is 2.40. The third-order valence-corrected chi connectivity index (χ3v) is 9.85. The molecule has 1 N–H and O–H groups in total. The number of allylic oxidation sites excluding steroid dienone is 2. The molecule has 0 aromatic carbocycles. The number of carbonyl (C=O) groups is 1. The van der Waals surface area contributed by atoms with Crippen LogP contribution in [0.15, 0.2) is 23.5 Å². The van der Waals surface area contributed by atoms with Crippen molar-refractivity contribution >= 4 is 18.0 Å². The molecule has 2 unspecified atom stereocenters. The van der Waals surface area contributed by atoms with Gasteiger partial charge in [-0.1, -0.05) is 40.2 Å². The summed E-state index contributed by atoms with van der Waals surface area (Å²) in [6.07, 6.45) is 11.5. The molecule has 0 aromatic rings. The van der Waals surface area contributed by atoms with Crippen LogP contribution >= 0.6 is 11.8 Å². The van der Waals surface area contributed by atoms with Crippen molar-refractivity contribution in [3.8, 4) is 0 Å². The summed E-state index contributed by atoms with van der Waals surface area (Å²) >= 11 is 2.01. The molecule has 4 aliphatic rings. The van der Waals surface area contributed by atoms with Gasteiger partial charge in [0.05, 0.1) is 5.57 Å². The fraction of sp³-hybridized carbons (Fsp3) is 0.773. The standard InChI is InChI=1S/C22H32O2S/c1-20(2)7-5-8-22(4)18(20)6-9-21(3)15-10-14(12-23)16(24)11-17(15)25-13-19(21)22/h10-12,15,17-19,24H,5-9,13H2,1-4H3/t15?,17?,18-,19-,21-,22-/m0/s1. The van der Waals surface area contributed by atoms with E-state index < -0.39 is 0 Å². The number of aliphatic hydroxyl groups is 1. The quantitative estimate of drug-likeness (QED) is 0.623. The van der Waals surface area contributed by atoms with E-state index in [-0.39, 0.29) is 11.2 Å². The fourth-order valence-corrected chi connectivity index (χ4v) is 9.22. The predicted octanol–water partition coefficient (Wildman–Crippen LogP) is 5.55. The average Bonchev–Trinajstić information content (AvgIpc) is 2.53. The van der Waals surface area contributed by atoms with Crippen LogP contribution in [0.4, 0.5) is 0 Å². The van der Waals surface area contributed by atoms with Gasteiger partial charge in [-0.05, 0) is 71.5 Å². The maximum absolute atomic E-state index is 11.4. The Morgan fingerprint density at radius 2 is 1.84 bits per heavy atom. The zero-order valence-corrected chi connectivity index (χ0v) is 16.9. The maximum atomic E-state index is 11.4. The zero-order valence-electron chi connectivity index (χ0n) is 16.0. The van der Waals surface area contributed by atoms with Gasteiger partial charge in [0.2, 0.25) is 0 Å². The van der Waals surface area contributed by atoms with Crippen LogP contribution in [0.25, 0.3) is 0 Å². The zero-order chi connectivity index (χ0) is 18.0. The number of aliphatic hydroxyl groups excluding tert-OH is 1. The van der Waals surface area contributed by atoms with E-state index in [9.17, 15) is 9.90 Å². The predicted molar refractivity (Wildman–Crippen MR) is 105 cm³/mol. The molecule has 0 amide bonds. The van der Waals surface area contributed by atoms with Crippen molar-refractivity contribution in [2.75, 3.05) is 5.75 Å².